The first-order valence-corrected chi connectivity index (χ1v) is 13.5. The summed E-state index contributed by atoms with van der Waals surface area (Å²) in [6.07, 6.45) is 2.34. The third kappa shape index (κ3) is 5.68. The van der Waals surface area contributed by atoms with Gasteiger partial charge in [0.15, 0.2) is 0 Å². The van der Waals surface area contributed by atoms with E-state index in [0.29, 0.717) is 50.7 Å². The van der Waals surface area contributed by atoms with Crippen LogP contribution in [0.15, 0.2) is 58.2 Å². The smallest absolute Gasteiger partial charge is 0.270 e. The summed E-state index contributed by atoms with van der Waals surface area (Å²) < 4.78 is 15.2. The van der Waals surface area contributed by atoms with Crippen molar-refractivity contribution in [2.75, 3.05) is 5.32 Å². The van der Waals surface area contributed by atoms with Gasteiger partial charge in [-0.1, -0.05) is 72.8 Å². The zero-order valence-corrected chi connectivity index (χ0v) is 23.1. The van der Waals surface area contributed by atoms with Gasteiger partial charge in [0.1, 0.15) is 27.6 Å². The maximum absolute atomic E-state index is 13.4. The fourth-order valence-corrected chi connectivity index (χ4v) is 5.59. The van der Waals surface area contributed by atoms with Gasteiger partial charge < -0.3 is 5.32 Å². The lowest BCUT2D eigenvalue weighted by Gasteiger charge is -2.20. The number of carbonyl (C=O) groups excluding carboxylic acids is 1. The molecule has 38 heavy (non-hydrogen) atoms. The molecule has 1 amide bonds. The van der Waals surface area contributed by atoms with Gasteiger partial charge in [0.25, 0.3) is 11.5 Å². The van der Waals surface area contributed by atoms with Gasteiger partial charge in [0.05, 0.1) is 11.4 Å². The molecule has 1 N–H and O–H groups in total. The Kier molecular flexibility index (Phi) is 8.67. The number of pyridine rings is 1. The highest BCUT2D eigenvalue weighted by atomic mass is 35.5. The second kappa shape index (κ2) is 11.9. The van der Waals surface area contributed by atoms with E-state index in [2.05, 4.69) is 5.32 Å². The monoisotopic (exact) mass is 566 g/mol. The number of anilines is 1. The maximum Gasteiger partial charge on any atom is 0.270 e. The largest absolute Gasteiger partial charge is 0.367 e. The number of thiocarbonyl (C=S) groups is 1. The average Bonchev–Trinajstić information content (AvgIpc) is 3.16. The molecule has 0 spiro atoms. The van der Waals surface area contributed by atoms with Crippen molar-refractivity contribution in [2.24, 2.45) is 0 Å². The SMILES string of the molecule is CCCn1c(NCc2ccccc2Cl)c(/C=C2/SC(=S)N(Cc3ccc(F)cc3)C2=O)c(C)c(C#N)c1=O. The van der Waals surface area contributed by atoms with Gasteiger partial charge in [-0.05, 0) is 54.3 Å². The highest BCUT2D eigenvalue weighted by Gasteiger charge is 2.33. The van der Waals surface area contributed by atoms with E-state index in [0.717, 1.165) is 22.9 Å². The van der Waals surface area contributed by atoms with Crippen molar-refractivity contribution in [3.63, 3.8) is 0 Å². The number of aromatic nitrogens is 1. The molecule has 0 saturated carbocycles. The van der Waals surface area contributed by atoms with Crippen molar-refractivity contribution < 1.29 is 9.18 Å². The summed E-state index contributed by atoms with van der Waals surface area (Å²) in [7, 11) is 0. The van der Waals surface area contributed by atoms with E-state index in [4.69, 9.17) is 23.8 Å². The van der Waals surface area contributed by atoms with Gasteiger partial charge in [0.2, 0.25) is 0 Å². The van der Waals surface area contributed by atoms with Gasteiger partial charge in [-0.25, -0.2) is 4.39 Å². The fourth-order valence-electron chi connectivity index (χ4n) is 4.15. The van der Waals surface area contributed by atoms with Crippen LogP contribution in [0.25, 0.3) is 6.08 Å². The summed E-state index contributed by atoms with van der Waals surface area (Å²) in [6, 6.07) is 15.3. The van der Waals surface area contributed by atoms with E-state index in [-0.39, 0.29) is 23.8 Å². The third-order valence-electron chi connectivity index (χ3n) is 6.13. The first-order valence-electron chi connectivity index (χ1n) is 11.9. The lowest BCUT2D eigenvalue weighted by molar-refractivity contribution is -0.122. The van der Waals surface area contributed by atoms with Crippen LogP contribution in [0.5, 0.6) is 0 Å². The second-order valence-corrected chi connectivity index (χ2v) is 10.8. The van der Waals surface area contributed by atoms with E-state index in [1.807, 2.05) is 31.2 Å². The number of hydrogen-bond acceptors (Lipinski definition) is 6. The molecule has 3 aromatic rings. The van der Waals surface area contributed by atoms with Crippen LogP contribution in [0, 0.1) is 24.1 Å². The average molecular weight is 567 g/mol. The standard InChI is InChI=1S/C28H24ClFN4O2S2/c1-3-12-33-25(32-15-19-6-4-5-7-23(19)29)21(17(2)22(14-31)26(33)35)13-24-27(36)34(28(37)38-24)16-18-8-10-20(30)11-9-18/h4-11,13,32H,3,12,15-16H2,1-2H3/b24-13+. The number of amides is 1. The molecule has 1 aliphatic heterocycles. The minimum atomic E-state index is -0.394. The minimum Gasteiger partial charge on any atom is -0.367 e. The van der Waals surface area contributed by atoms with E-state index >= 15 is 0 Å². The third-order valence-corrected chi connectivity index (χ3v) is 7.88. The Morgan fingerprint density at radius 2 is 1.89 bits per heavy atom. The molecule has 0 atom stereocenters. The van der Waals surface area contributed by atoms with Gasteiger partial charge in [-0.2, -0.15) is 5.26 Å². The van der Waals surface area contributed by atoms with Crippen molar-refractivity contribution in [3.8, 4) is 6.07 Å². The van der Waals surface area contributed by atoms with Crippen LogP contribution in [0.1, 0.15) is 41.2 Å². The molecule has 194 valence electrons. The molecule has 2 heterocycles. The molecule has 4 rings (SSSR count). The predicted octanol–water partition coefficient (Wildman–Crippen LogP) is 6.24. The molecule has 2 aromatic carbocycles. The number of nitriles is 1. The molecule has 1 aromatic heterocycles. The van der Waals surface area contributed by atoms with Gasteiger partial charge >= 0.3 is 0 Å². The molecule has 1 aliphatic rings. The Morgan fingerprint density at radius 3 is 2.55 bits per heavy atom. The van der Waals surface area contributed by atoms with Crippen LogP contribution in [0.3, 0.4) is 0 Å². The summed E-state index contributed by atoms with van der Waals surface area (Å²) in [5, 5.41) is 13.7. The van der Waals surface area contributed by atoms with Crippen LogP contribution in [0.4, 0.5) is 10.2 Å². The highest BCUT2D eigenvalue weighted by molar-refractivity contribution is 8.26. The zero-order valence-electron chi connectivity index (χ0n) is 20.8. The van der Waals surface area contributed by atoms with Crippen molar-refractivity contribution >= 4 is 57.7 Å². The number of thioether (sulfide) groups is 1. The fraction of sp³-hybridized carbons (Fsp3) is 0.214. The number of nitrogens with zero attached hydrogens (tertiary/aromatic N) is 3. The van der Waals surface area contributed by atoms with Gasteiger partial charge in [-0.15, -0.1) is 0 Å². The van der Waals surface area contributed by atoms with E-state index in [1.54, 1.807) is 31.2 Å². The summed E-state index contributed by atoms with van der Waals surface area (Å²) in [4.78, 5) is 28.4. The predicted molar refractivity (Wildman–Crippen MR) is 154 cm³/mol. The number of benzene rings is 2. The maximum atomic E-state index is 13.4. The molecule has 0 bridgehead atoms. The molecule has 0 radical (unpaired) electrons. The molecule has 1 saturated heterocycles. The molecule has 1 fully saturated rings. The van der Waals surface area contributed by atoms with Crippen LogP contribution >= 0.6 is 35.6 Å². The first-order chi connectivity index (χ1) is 18.2. The van der Waals surface area contributed by atoms with Crippen molar-refractivity contribution in [1.82, 2.24) is 9.47 Å². The lowest BCUT2D eigenvalue weighted by Crippen LogP contribution is -2.28. The van der Waals surface area contributed by atoms with Crippen LogP contribution in [-0.4, -0.2) is 19.7 Å². The Morgan fingerprint density at radius 1 is 1.18 bits per heavy atom. The zero-order chi connectivity index (χ0) is 27.4. The molecular weight excluding hydrogens is 543 g/mol. The topological polar surface area (TPSA) is 78.1 Å². The van der Waals surface area contributed by atoms with Crippen molar-refractivity contribution in [1.29, 1.82) is 5.26 Å². The number of hydrogen-bond donors (Lipinski definition) is 1. The Balaban J connectivity index is 1.77. The number of rotatable bonds is 8. The van der Waals surface area contributed by atoms with Crippen molar-refractivity contribution in [2.45, 2.75) is 39.9 Å². The normalized spacial score (nSPS) is 14.3. The molecule has 0 aliphatic carbocycles. The van der Waals surface area contributed by atoms with Crippen LogP contribution < -0.4 is 10.9 Å². The van der Waals surface area contributed by atoms with Gasteiger partial charge in [0, 0.05) is 23.7 Å². The minimum absolute atomic E-state index is 0.0229. The van der Waals surface area contributed by atoms with Crippen LogP contribution in [-0.2, 0) is 24.4 Å². The summed E-state index contributed by atoms with van der Waals surface area (Å²) in [6.45, 7) is 4.56. The molecular formula is C28H24ClFN4O2S2. The summed E-state index contributed by atoms with van der Waals surface area (Å²) in [5.41, 5.74) is 2.23. The Labute approximate surface area is 234 Å². The molecule has 0 unspecified atom stereocenters. The van der Waals surface area contributed by atoms with E-state index in [9.17, 15) is 19.2 Å². The van der Waals surface area contributed by atoms with Crippen LogP contribution in [0.2, 0.25) is 5.02 Å². The highest BCUT2D eigenvalue weighted by Crippen LogP contribution is 2.36. The summed E-state index contributed by atoms with van der Waals surface area (Å²) >= 11 is 13.0. The second-order valence-electron chi connectivity index (χ2n) is 8.67. The quantitative estimate of drug-likeness (QED) is 0.257. The Bertz CT molecular complexity index is 1540. The van der Waals surface area contributed by atoms with Crippen molar-refractivity contribution in [3.05, 3.63) is 102 Å². The van der Waals surface area contributed by atoms with E-state index in [1.165, 1.54) is 21.6 Å². The van der Waals surface area contributed by atoms with Gasteiger partial charge in [-0.3, -0.25) is 19.1 Å². The number of halogens is 2. The lowest BCUT2D eigenvalue weighted by atomic mass is 10.0. The number of carbonyl (C=O) groups is 1. The molecule has 10 heteroatoms. The summed E-state index contributed by atoms with van der Waals surface area (Å²) in [5.74, 6) is -0.161. The van der Waals surface area contributed by atoms with E-state index < -0.39 is 5.56 Å². The first kappa shape index (κ1) is 27.6. The Hall–Kier alpha value is -3.45. The number of nitrogens with one attached hydrogen (secondary N) is 1. The molecule has 6 nitrogen and oxygen atoms in total.